The van der Waals surface area contributed by atoms with Gasteiger partial charge in [-0.2, -0.15) is 0 Å². The van der Waals surface area contributed by atoms with E-state index >= 15 is 0 Å². The average Bonchev–Trinajstić information content (AvgIpc) is 2.83. The van der Waals surface area contributed by atoms with Crippen molar-refractivity contribution in [3.63, 3.8) is 0 Å². The van der Waals surface area contributed by atoms with E-state index in [0.29, 0.717) is 0 Å². The van der Waals surface area contributed by atoms with Crippen molar-refractivity contribution in [2.45, 2.75) is 90.4 Å². The summed E-state index contributed by atoms with van der Waals surface area (Å²) in [6.45, 7) is 4.51. The van der Waals surface area contributed by atoms with E-state index in [0.717, 1.165) is 41.2 Å². The molecule has 2 saturated carbocycles. The quantitative estimate of drug-likeness (QED) is 0.329. The van der Waals surface area contributed by atoms with Crippen molar-refractivity contribution >= 4 is 0 Å². The number of aryl methyl sites for hydroxylation is 1. The summed E-state index contributed by atoms with van der Waals surface area (Å²) < 4.78 is 0. The summed E-state index contributed by atoms with van der Waals surface area (Å²) in [4.78, 5) is 0. The van der Waals surface area contributed by atoms with Crippen molar-refractivity contribution < 1.29 is 0 Å². The number of hydrogen-bond donors (Lipinski definition) is 0. The van der Waals surface area contributed by atoms with Gasteiger partial charge in [-0.3, -0.25) is 0 Å². The lowest BCUT2D eigenvalue weighted by molar-refractivity contribution is 0.113. The van der Waals surface area contributed by atoms with E-state index in [2.05, 4.69) is 74.2 Å². The van der Waals surface area contributed by atoms with Crippen molar-refractivity contribution in [3.8, 4) is 11.8 Å². The Morgan fingerprint density at radius 2 is 1.35 bits per heavy atom. The van der Waals surface area contributed by atoms with Gasteiger partial charge in [-0.25, -0.2) is 0 Å². The minimum atomic E-state index is 0.765. The first-order chi connectivity index (χ1) is 15.2. The van der Waals surface area contributed by atoms with E-state index in [1.54, 1.807) is 5.56 Å². The number of rotatable bonds is 6. The zero-order chi connectivity index (χ0) is 21.5. The lowest BCUT2D eigenvalue weighted by atomic mass is 9.63. The lowest BCUT2D eigenvalue weighted by Gasteiger charge is -2.42. The van der Waals surface area contributed by atoms with Crippen LogP contribution in [0.5, 0.6) is 0 Å². The third-order valence-electron chi connectivity index (χ3n) is 8.03. The summed E-state index contributed by atoms with van der Waals surface area (Å²) in [6, 6.07) is 17.8. The maximum Gasteiger partial charge on any atom is 0.0249 e. The molecule has 2 aliphatic carbocycles. The van der Waals surface area contributed by atoms with Gasteiger partial charge in [0.1, 0.15) is 0 Å². The Bertz CT molecular complexity index is 861. The first kappa shape index (κ1) is 22.2. The second kappa shape index (κ2) is 11.0. The van der Waals surface area contributed by atoms with Crippen LogP contribution in [0.1, 0.15) is 106 Å². The molecule has 0 bridgehead atoms. The highest BCUT2D eigenvalue weighted by Crippen LogP contribution is 2.48. The zero-order valence-electron chi connectivity index (χ0n) is 19.7. The average molecular weight is 413 g/mol. The van der Waals surface area contributed by atoms with Crippen LogP contribution in [0.3, 0.4) is 0 Å². The van der Waals surface area contributed by atoms with Gasteiger partial charge in [0, 0.05) is 11.1 Å². The van der Waals surface area contributed by atoms with Crippen LogP contribution in [0.15, 0.2) is 48.5 Å². The molecule has 2 aromatic carbocycles. The Kier molecular flexibility index (Phi) is 7.91. The van der Waals surface area contributed by atoms with Crippen molar-refractivity contribution in [2.75, 3.05) is 0 Å². The first-order valence-corrected chi connectivity index (χ1v) is 13.0. The molecule has 2 fully saturated rings. The van der Waals surface area contributed by atoms with Crippen LogP contribution in [-0.2, 0) is 6.42 Å². The maximum absolute atomic E-state index is 3.35. The summed E-state index contributed by atoms with van der Waals surface area (Å²) in [5, 5.41) is 0. The van der Waals surface area contributed by atoms with Gasteiger partial charge in [0.25, 0.3) is 0 Å². The highest BCUT2D eigenvalue weighted by molar-refractivity contribution is 5.44. The van der Waals surface area contributed by atoms with Crippen molar-refractivity contribution in [3.05, 3.63) is 70.8 Å². The predicted octanol–water partition coefficient (Wildman–Crippen LogP) is 8.53. The van der Waals surface area contributed by atoms with Gasteiger partial charge in [-0.1, -0.05) is 82.1 Å². The number of unbranched alkanes of at least 4 members (excludes halogenated alkanes) is 2. The van der Waals surface area contributed by atoms with Gasteiger partial charge < -0.3 is 0 Å². The molecule has 0 saturated heterocycles. The largest absolute Gasteiger partial charge is 0.0654 e. The molecule has 0 aromatic heterocycles. The molecule has 0 heterocycles. The van der Waals surface area contributed by atoms with Crippen LogP contribution in [0.25, 0.3) is 0 Å². The minimum Gasteiger partial charge on any atom is -0.0654 e. The van der Waals surface area contributed by atoms with Crippen molar-refractivity contribution in [1.29, 1.82) is 0 Å². The van der Waals surface area contributed by atoms with E-state index in [-0.39, 0.29) is 0 Å². The molecule has 0 nitrogen and oxygen atoms in total. The molecule has 31 heavy (non-hydrogen) atoms. The normalized spacial score (nSPS) is 25.4. The summed E-state index contributed by atoms with van der Waals surface area (Å²) in [5.41, 5.74) is 5.14. The lowest BCUT2D eigenvalue weighted by Crippen LogP contribution is -2.30. The topological polar surface area (TPSA) is 0 Å². The maximum atomic E-state index is 3.35. The third-order valence-corrected chi connectivity index (χ3v) is 8.03. The van der Waals surface area contributed by atoms with Crippen LogP contribution >= 0.6 is 0 Å². The van der Waals surface area contributed by atoms with Gasteiger partial charge in [-0.15, -0.1) is 0 Å². The fourth-order valence-corrected chi connectivity index (χ4v) is 6.04. The van der Waals surface area contributed by atoms with Gasteiger partial charge in [0.05, 0.1) is 0 Å². The smallest absolute Gasteiger partial charge is 0.0249 e. The number of fused-ring (bicyclic) bond motifs is 1. The second-order valence-corrected chi connectivity index (χ2v) is 10.1. The monoisotopic (exact) mass is 412 g/mol. The summed E-state index contributed by atoms with van der Waals surface area (Å²) in [6.07, 6.45) is 15.6. The molecule has 2 aliphatic rings. The minimum absolute atomic E-state index is 0.765. The second-order valence-electron chi connectivity index (χ2n) is 10.1. The number of benzene rings is 2. The van der Waals surface area contributed by atoms with Crippen molar-refractivity contribution in [1.82, 2.24) is 0 Å². The molecule has 0 N–H and O–H groups in total. The van der Waals surface area contributed by atoms with E-state index in [9.17, 15) is 0 Å². The Labute approximate surface area is 190 Å². The van der Waals surface area contributed by atoms with Crippen LogP contribution < -0.4 is 0 Å². The Morgan fingerprint density at radius 3 is 2.03 bits per heavy atom. The Balaban J connectivity index is 1.31. The van der Waals surface area contributed by atoms with E-state index in [1.165, 1.54) is 69.8 Å². The molecule has 0 amide bonds. The Morgan fingerprint density at radius 1 is 0.710 bits per heavy atom. The molecule has 1 unspecified atom stereocenters. The highest BCUT2D eigenvalue weighted by atomic mass is 14.4. The molecular formula is C31H40. The number of hydrogen-bond acceptors (Lipinski definition) is 0. The summed E-state index contributed by atoms with van der Waals surface area (Å²) in [5.74, 6) is 10.5. The van der Waals surface area contributed by atoms with Crippen molar-refractivity contribution in [2.24, 2.45) is 17.8 Å². The molecule has 0 aliphatic heterocycles. The van der Waals surface area contributed by atoms with Crippen LogP contribution in [0.4, 0.5) is 0 Å². The van der Waals surface area contributed by atoms with Crippen LogP contribution in [0.2, 0.25) is 0 Å². The Hall–Kier alpha value is -2.00. The van der Waals surface area contributed by atoms with Gasteiger partial charge in [0.2, 0.25) is 0 Å². The SMILES string of the molecule is CCCCCC1CC[C@@H]2C[C@H](c3ccc(C#Cc4ccc(CC)cc4)cc3)CC[C@@H]2C1. The van der Waals surface area contributed by atoms with E-state index in [1.807, 2.05) is 0 Å². The fraction of sp³-hybridized carbons (Fsp3) is 0.548. The summed E-state index contributed by atoms with van der Waals surface area (Å²) in [7, 11) is 0. The molecule has 0 radical (unpaired) electrons. The van der Waals surface area contributed by atoms with Gasteiger partial charge in [-0.05, 0) is 97.6 Å². The standard InChI is InChI=1S/C31H40/c1-3-5-6-7-27-16-19-31-23-30(21-20-29(31)22-27)28-17-14-26(15-18-28)13-12-25-10-8-24(4-2)9-11-25/h8-11,14-15,17-18,27,29-31H,3-7,16,19-23H2,1-2H3/t27?,29-,30-,31-/m1/s1. The first-order valence-electron chi connectivity index (χ1n) is 13.0. The van der Waals surface area contributed by atoms with Gasteiger partial charge >= 0.3 is 0 Å². The van der Waals surface area contributed by atoms with E-state index in [4.69, 9.17) is 0 Å². The molecule has 2 aromatic rings. The summed E-state index contributed by atoms with van der Waals surface area (Å²) >= 11 is 0. The zero-order valence-corrected chi connectivity index (χ0v) is 19.7. The predicted molar refractivity (Wildman–Crippen MR) is 133 cm³/mol. The van der Waals surface area contributed by atoms with Crippen LogP contribution in [-0.4, -0.2) is 0 Å². The fourth-order valence-electron chi connectivity index (χ4n) is 6.04. The third kappa shape index (κ3) is 6.04. The molecular weight excluding hydrogens is 372 g/mol. The molecule has 164 valence electrons. The molecule has 0 spiro atoms. The molecule has 4 atom stereocenters. The molecule has 0 heteroatoms. The molecule has 4 rings (SSSR count). The van der Waals surface area contributed by atoms with Gasteiger partial charge in [0.15, 0.2) is 0 Å². The van der Waals surface area contributed by atoms with Crippen LogP contribution in [0, 0.1) is 29.6 Å². The van der Waals surface area contributed by atoms with E-state index < -0.39 is 0 Å². The highest BCUT2D eigenvalue weighted by Gasteiger charge is 2.35.